The van der Waals surface area contributed by atoms with Crippen molar-refractivity contribution in [3.63, 3.8) is 0 Å². The predicted molar refractivity (Wildman–Crippen MR) is 84.2 cm³/mol. The van der Waals surface area contributed by atoms with E-state index in [-0.39, 0.29) is 5.91 Å². The number of methoxy groups -OCH3 is 1. The lowest BCUT2D eigenvalue weighted by Crippen LogP contribution is -2.14. The molecule has 1 amide bonds. The first-order valence-corrected chi connectivity index (χ1v) is 6.81. The molecule has 0 saturated carbocycles. The van der Waals surface area contributed by atoms with Gasteiger partial charge in [-0.25, -0.2) is 0 Å². The number of hydrogen-bond donors (Lipinski definition) is 2. The summed E-state index contributed by atoms with van der Waals surface area (Å²) in [7, 11) is 1.57. The molecule has 4 nitrogen and oxygen atoms in total. The highest BCUT2D eigenvalue weighted by Gasteiger charge is 2.13. The van der Waals surface area contributed by atoms with E-state index in [0.29, 0.717) is 22.7 Å². The van der Waals surface area contributed by atoms with Crippen LogP contribution < -0.4 is 15.8 Å². The van der Waals surface area contributed by atoms with Gasteiger partial charge < -0.3 is 15.8 Å². The molecule has 3 N–H and O–H groups in total. The summed E-state index contributed by atoms with van der Waals surface area (Å²) in [5, 5.41) is 2.86. The first-order valence-electron chi connectivity index (χ1n) is 6.02. The number of anilines is 2. The largest absolute Gasteiger partial charge is 0.495 e. The molecule has 0 fully saturated rings. The van der Waals surface area contributed by atoms with Gasteiger partial charge in [0.15, 0.2) is 0 Å². The SMILES string of the molecule is COc1cc(Br)cc(C)c1NC(=O)c1cccc(N)c1. The third kappa shape index (κ3) is 3.11. The highest BCUT2D eigenvalue weighted by atomic mass is 79.9. The maximum atomic E-state index is 12.2. The van der Waals surface area contributed by atoms with Gasteiger partial charge in [-0.05, 0) is 42.8 Å². The minimum Gasteiger partial charge on any atom is -0.495 e. The molecule has 0 atom stereocenters. The van der Waals surface area contributed by atoms with Crippen LogP contribution in [-0.2, 0) is 0 Å². The number of nitrogens with two attached hydrogens (primary N) is 1. The first kappa shape index (κ1) is 14.4. The second-order valence-corrected chi connectivity index (χ2v) is 5.30. The molecule has 20 heavy (non-hydrogen) atoms. The number of nitrogen functional groups attached to an aromatic ring is 1. The number of amides is 1. The number of rotatable bonds is 3. The summed E-state index contributed by atoms with van der Waals surface area (Å²) in [6, 6.07) is 10.6. The molecule has 0 aliphatic rings. The maximum Gasteiger partial charge on any atom is 0.255 e. The lowest BCUT2D eigenvalue weighted by Gasteiger charge is -2.14. The number of aryl methyl sites for hydroxylation is 1. The second kappa shape index (κ2) is 5.96. The third-order valence-corrected chi connectivity index (χ3v) is 3.33. The lowest BCUT2D eigenvalue weighted by atomic mass is 10.1. The summed E-state index contributed by atoms with van der Waals surface area (Å²) < 4.78 is 6.20. The molecule has 2 aromatic carbocycles. The number of halogens is 1. The van der Waals surface area contributed by atoms with E-state index in [4.69, 9.17) is 10.5 Å². The van der Waals surface area contributed by atoms with Crippen LogP contribution >= 0.6 is 15.9 Å². The Balaban J connectivity index is 2.32. The molecule has 0 aliphatic carbocycles. The van der Waals surface area contributed by atoms with Gasteiger partial charge in [-0.1, -0.05) is 22.0 Å². The Morgan fingerprint density at radius 3 is 2.70 bits per heavy atom. The van der Waals surface area contributed by atoms with Crippen LogP contribution in [0.15, 0.2) is 40.9 Å². The van der Waals surface area contributed by atoms with Gasteiger partial charge in [-0.3, -0.25) is 4.79 Å². The summed E-state index contributed by atoms with van der Waals surface area (Å²) in [5.74, 6) is 0.384. The van der Waals surface area contributed by atoms with Crippen molar-refractivity contribution in [2.75, 3.05) is 18.2 Å². The molecule has 0 aromatic heterocycles. The zero-order valence-corrected chi connectivity index (χ0v) is 12.8. The van der Waals surface area contributed by atoms with E-state index in [1.807, 2.05) is 19.1 Å². The van der Waals surface area contributed by atoms with E-state index < -0.39 is 0 Å². The Hall–Kier alpha value is -2.01. The average Bonchev–Trinajstić information content (AvgIpc) is 2.41. The number of nitrogens with one attached hydrogen (secondary N) is 1. The van der Waals surface area contributed by atoms with Crippen molar-refractivity contribution >= 4 is 33.2 Å². The number of ether oxygens (including phenoxy) is 1. The van der Waals surface area contributed by atoms with Crippen LogP contribution in [0.1, 0.15) is 15.9 Å². The maximum absolute atomic E-state index is 12.2. The fraction of sp³-hybridized carbons (Fsp3) is 0.133. The molecule has 0 aliphatic heterocycles. The van der Waals surface area contributed by atoms with Crippen molar-refractivity contribution in [3.8, 4) is 5.75 Å². The van der Waals surface area contributed by atoms with Gasteiger partial charge in [-0.2, -0.15) is 0 Å². The van der Waals surface area contributed by atoms with Gasteiger partial charge in [0.25, 0.3) is 5.91 Å². The van der Waals surface area contributed by atoms with Gasteiger partial charge in [0.2, 0.25) is 0 Å². The van der Waals surface area contributed by atoms with E-state index in [1.165, 1.54) is 0 Å². The van der Waals surface area contributed by atoms with Crippen molar-refractivity contribution in [2.45, 2.75) is 6.92 Å². The highest BCUT2D eigenvalue weighted by Crippen LogP contribution is 2.32. The van der Waals surface area contributed by atoms with Crippen LogP contribution in [0, 0.1) is 6.92 Å². The van der Waals surface area contributed by atoms with E-state index in [2.05, 4.69) is 21.2 Å². The standard InChI is InChI=1S/C15H15BrN2O2/c1-9-6-11(16)8-13(20-2)14(9)18-15(19)10-4-3-5-12(17)7-10/h3-8H,17H2,1-2H3,(H,18,19). The molecule has 0 spiro atoms. The molecular formula is C15H15BrN2O2. The monoisotopic (exact) mass is 334 g/mol. The summed E-state index contributed by atoms with van der Waals surface area (Å²) in [4.78, 5) is 12.2. The number of carbonyl (C=O) groups excluding carboxylic acids is 1. The van der Waals surface area contributed by atoms with Crippen LogP contribution in [0.4, 0.5) is 11.4 Å². The molecule has 0 bridgehead atoms. The summed E-state index contributed by atoms with van der Waals surface area (Å²) in [6.07, 6.45) is 0. The smallest absolute Gasteiger partial charge is 0.255 e. The molecule has 2 aromatic rings. The Bertz CT molecular complexity index is 656. The summed E-state index contributed by atoms with van der Waals surface area (Å²) >= 11 is 3.40. The van der Waals surface area contributed by atoms with Crippen molar-refractivity contribution in [3.05, 3.63) is 52.0 Å². The van der Waals surface area contributed by atoms with Gasteiger partial charge >= 0.3 is 0 Å². The Labute approximate surface area is 126 Å². The van der Waals surface area contributed by atoms with E-state index in [1.54, 1.807) is 31.4 Å². The minimum atomic E-state index is -0.221. The fourth-order valence-corrected chi connectivity index (χ4v) is 2.45. The Kier molecular flexibility index (Phi) is 4.29. The van der Waals surface area contributed by atoms with Gasteiger partial charge in [0, 0.05) is 15.7 Å². The molecule has 0 heterocycles. The van der Waals surface area contributed by atoms with Crippen LogP contribution in [0.25, 0.3) is 0 Å². The van der Waals surface area contributed by atoms with E-state index in [0.717, 1.165) is 10.0 Å². The van der Waals surface area contributed by atoms with Crippen molar-refractivity contribution in [1.29, 1.82) is 0 Å². The average molecular weight is 335 g/mol. The number of carbonyl (C=O) groups is 1. The molecule has 0 unspecified atom stereocenters. The number of hydrogen-bond acceptors (Lipinski definition) is 3. The molecule has 5 heteroatoms. The topological polar surface area (TPSA) is 64.3 Å². The van der Waals surface area contributed by atoms with Gasteiger partial charge in [0.1, 0.15) is 5.75 Å². The Morgan fingerprint density at radius 1 is 1.30 bits per heavy atom. The summed E-state index contributed by atoms with van der Waals surface area (Å²) in [6.45, 7) is 1.91. The fourth-order valence-electron chi connectivity index (χ4n) is 1.90. The van der Waals surface area contributed by atoms with E-state index in [9.17, 15) is 4.79 Å². The van der Waals surface area contributed by atoms with Crippen LogP contribution in [0.5, 0.6) is 5.75 Å². The van der Waals surface area contributed by atoms with Crippen molar-refractivity contribution < 1.29 is 9.53 Å². The van der Waals surface area contributed by atoms with Gasteiger partial charge in [0.05, 0.1) is 12.8 Å². The summed E-state index contributed by atoms with van der Waals surface area (Å²) in [5.41, 5.74) is 8.31. The Morgan fingerprint density at radius 2 is 2.05 bits per heavy atom. The predicted octanol–water partition coefficient (Wildman–Crippen LogP) is 3.60. The zero-order chi connectivity index (χ0) is 14.7. The third-order valence-electron chi connectivity index (χ3n) is 2.87. The second-order valence-electron chi connectivity index (χ2n) is 4.38. The molecule has 0 radical (unpaired) electrons. The van der Waals surface area contributed by atoms with Crippen molar-refractivity contribution in [1.82, 2.24) is 0 Å². The molecule has 0 saturated heterocycles. The quantitative estimate of drug-likeness (QED) is 0.843. The lowest BCUT2D eigenvalue weighted by molar-refractivity contribution is 0.102. The van der Waals surface area contributed by atoms with Crippen LogP contribution in [0.2, 0.25) is 0 Å². The molecular weight excluding hydrogens is 320 g/mol. The van der Waals surface area contributed by atoms with E-state index >= 15 is 0 Å². The minimum absolute atomic E-state index is 0.221. The first-order chi connectivity index (χ1) is 9.51. The highest BCUT2D eigenvalue weighted by molar-refractivity contribution is 9.10. The van der Waals surface area contributed by atoms with Crippen LogP contribution in [0.3, 0.4) is 0 Å². The molecule has 104 valence electrons. The van der Waals surface area contributed by atoms with Crippen molar-refractivity contribution in [2.24, 2.45) is 0 Å². The zero-order valence-electron chi connectivity index (χ0n) is 11.2. The number of benzene rings is 2. The molecule has 2 rings (SSSR count). The normalized spacial score (nSPS) is 10.2. The van der Waals surface area contributed by atoms with Gasteiger partial charge in [-0.15, -0.1) is 0 Å². The van der Waals surface area contributed by atoms with Crippen LogP contribution in [-0.4, -0.2) is 13.0 Å².